The van der Waals surface area contributed by atoms with Crippen LogP contribution >= 0.6 is 0 Å². The zero-order valence-corrected chi connectivity index (χ0v) is 22.3. The standard InChI is InChI=1S/C34H39N3O/c1-3-10-22(11-4-1)27-21-28(36-34(35-27)23-12-5-2-6-13-23)24-18-19-29-26(20-24)25-14-9-17-32-33(25)37(29)30-15-7-8-16-31(30)38-32/h1-6,10-13,21,24-26,29-33H,7-9,14-20H2. The van der Waals surface area contributed by atoms with Gasteiger partial charge in [0.1, 0.15) is 0 Å². The van der Waals surface area contributed by atoms with E-state index >= 15 is 0 Å². The van der Waals surface area contributed by atoms with Crippen LogP contribution in [0.25, 0.3) is 22.6 Å². The lowest BCUT2D eigenvalue weighted by Gasteiger charge is -2.53. The van der Waals surface area contributed by atoms with Crippen molar-refractivity contribution < 1.29 is 4.74 Å². The summed E-state index contributed by atoms with van der Waals surface area (Å²) in [7, 11) is 0. The quantitative estimate of drug-likeness (QED) is 0.376. The summed E-state index contributed by atoms with van der Waals surface area (Å²) < 4.78 is 6.86. The lowest BCUT2D eigenvalue weighted by molar-refractivity contribution is -0.177. The summed E-state index contributed by atoms with van der Waals surface area (Å²) in [5, 5.41) is 0. The van der Waals surface area contributed by atoms with Crippen LogP contribution in [0.3, 0.4) is 0 Å². The third-order valence-electron chi connectivity index (χ3n) is 10.7. The first kappa shape index (κ1) is 23.3. The highest BCUT2D eigenvalue weighted by Gasteiger charge is 2.60. The Labute approximate surface area is 226 Å². The van der Waals surface area contributed by atoms with Crippen molar-refractivity contribution >= 4 is 0 Å². The molecule has 2 saturated heterocycles. The molecule has 4 nitrogen and oxygen atoms in total. The normalized spacial score (nSPS) is 36.2. The van der Waals surface area contributed by atoms with E-state index < -0.39 is 0 Å². The fraction of sp³-hybridized carbons (Fsp3) is 0.529. The summed E-state index contributed by atoms with van der Waals surface area (Å²) in [6.45, 7) is 0. The maximum absolute atomic E-state index is 6.86. The SMILES string of the molecule is c1ccc(-c2cc(C3CCC4C(C3)C3CCCC5OC6CCCCC6N4C53)nc(-c3ccccc3)n2)cc1. The van der Waals surface area contributed by atoms with Crippen molar-refractivity contribution in [3.05, 3.63) is 72.4 Å². The Kier molecular flexibility index (Phi) is 5.88. The molecule has 8 rings (SSSR count). The van der Waals surface area contributed by atoms with E-state index in [0.29, 0.717) is 30.2 Å². The first-order valence-electron chi connectivity index (χ1n) is 15.3. The molecule has 3 heterocycles. The second-order valence-corrected chi connectivity index (χ2v) is 12.6. The molecule has 2 aliphatic heterocycles. The van der Waals surface area contributed by atoms with E-state index in [1.807, 2.05) is 0 Å². The fourth-order valence-electron chi connectivity index (χ4n) is 9.13. The molecule has 0 radical (unpaired) electrons. The highest BCUT2D eigenvalue weighted by atomic mass is 16.5. The molecule has 2 aromatic carbocycles. The molecule has 3 saturated carbocycles. The average molecular weight is 506 g/mol. The molecule has 1 aromatic heterocycles. The maximum atomic E-state index is 6.86. The van der Waals surface area contributed by atoms with E-state index in [1.54, 1.807) is 0 Å². The first-order chi connectivity index (χ1) is 18.8. The van der Waals surface area contributed by atoms with Gasteiger partial charge in [-0.25, -0.2) is 9.97 Å². The third kappa shape index (κ3) is 3.86. The number of hydrogen-bond acceptors (Lipinski definition) is 4. The van der Waals surface area contributed by atoms with Gasteiger partial charge in [-0.15, -0.1) is 0 Å². The Hall–Kier alpha value is -2.56. The molecule has 0 amide bonds. The van der Waals surface area contributed by atoms with Gasteiger partial charge in [-0.05, 0) is 62.8 Å². The summed E-state index contributed by atoms with van der Waals surface area (Å²) >= 11 is 0. The van der Waals surface area contributed by atoms with Crippen LogP contribution in [0.15, 0.2) is 66.7 Å². The Morgan fingerprint density at radius 1 is 0.658 bits per heavy atom. The van der Waals surface area contributed by atoms with Crippen LogP contribution in [-0.4, -0.2) is 45.2 Å². The predicted molar refractivity (Wildman–Crippen MR) is 151 cm³/mol. The van der Waals surface area contributed by atoms with Gasteiger partial charge in [0.15, 0.2) is 5.82 Å². The molecule has 8 unspecified atom stereocenters. The van der Waals surface area contributed by atoms with Gasteiger partial charge >= 0.3 is 0 Å². The fourth-order valence-corrected chi connectivity index (χ4v) is 9.13. The summed E-state index contributed by atoms with van der Waals surface area (Å²) in [4.78, 5) is 13.4. The van der Waals surface area contributed by atoms with Gasteiger partial charge in [-0.2, -0.15) is 0 Å². The van der Waals surface area contributed by atoms with Crippen molar-refractivity contribution in [2.45, 2.75) is 100 Å². The smallest absolute Gasteiger partial charge is 0.160 e. The van der Waals surface area contributed by atoms with Crippen molar-refractivity contribution in [2.75, 3.05) is 0 Å². The van der Waals surface area contributed by atoms with E-state index in [4.69, 9.17) is 14.7 Å². The number of morpholine rings is 1. The lowest BCUT2D eigenvalue weighted by Crippen LogP contribution is -2.63. The Bertz CT molecular complexity index is 1220. The van der Waals surface area contributed by atoms with Gasteiger partial charge in [-0.1, -0.05) is 79.9 Å². The van der Waals surface area contributed by atoms with E-state index in [-0.39, 0.29) is 0 Å². The van der Waals surface area contributed by atoms with E-state index in [9.17, 15) is 0 Å². The summed E-state index contributed by atoms with van der Waals surface area (Å²) in [6, 6.07) is 25.6. The number of benzene rings is 2. The highest BCUT2D eigenvalue weighted by molar-refractivity contribution is 5.64. The number of hydrogen-bond donors (Lipinski definition) is 0. The monoisotopic (exact) mass is 505 g/mol. The zero-order valence-electron chi connectivity index (χ0n) is 22.3. The average Bonchev–Trinajstić information content (AvgIpc) is 3.33. The maximum Gasteiger partial charge on any atom is 0.160 e. The molecular formula is C34H39N3O. The zero-order chi connectivity index (χ0) is 25.1. The van der Waals surface area contributed by atoms with Crippen molar-refractivity contribution in [3.8, 4) is 22.6 Å². The van der Waals surface area contributed by atoms with E-state index in [2.05, 4.69) is 71.6 Å². The molecule has 5 fully saturated rings. The van der Waals surface area contributed by atoms with Gasteiger partial charge in [-0.3, -0.25) is 4.90 Å². The minimum atomic E-state index is 0.477. The van der Waals surface area contributed by atoms with Crippen LogP contribution in [0.5, 0.6) is 0 Å². The molecule has 3 aliphatic carbocycles. The minimum absolute atomic E-state index is 0.477. The predicted octanol–water partition coefficient (Wildman–Crippen LogP) is 7.26. The molecule has 0 spiro atoms. The number of aromatic nitrogens is 2. The van der Waals surface area contributed by atoms with Crippen LogP contribution in [0, 0.1) is 11.8 Å². The summed E-state index contributed by atoms with van der Waals surface area (Å²) in [5.41, 5.74) is 4.58. The summed E-state index contributed by atoms with van der Waals surface area (Å²) in [6.07, 6.45) is 14.2. The van der Waals surface area contributed by atoms with Crippen molar-refractivity contribution in [3.63, 3.8) is 0 Å². The van der Waals surface area contributed by atoms with Crippen LogP contribution in [0.1, 0.15) is 75.8 Å². The van der Waals surface area contributed by atoms with Crippen LogP contribution < -0.4 is 0 Å². The third-order valence-corrected chi connectivity index (χ3v) is 10.7. The van der Waals surface area contributed by atoms with E-state index in [1.165, 1.54) is 75.5 Å². The van der Waals surface area contributed by atoms with Gasteiger partial charge in [0.25, 0.3) is 0 Å². The Balaban J connectivity index is 1.14. The molecular weight excluding hydrogens is 466 g/mol. The van der Waals surface area contributed by atoms with E-state index in [0.717, 1.165) is 35.0 Å². The molecule has 3 aromatic rings. The Morgan fingerprint density at radius 2 is 1.42 bits per heavy atom. The highest BCUT2D eigenvalue weighted by Crippen LogP contribution is 2.56. The molecule has 5 aliphatic rings. The van der Waals surface area contributed by atoms with Crippen LogP contribution in [0.2, 0.25) is 0 Å². The first-order valence-corrected chi connectivity index (χ1v) is 15.3. The molecule has 196 valence electrons. The molecule has 0 bridgehead atoms. The molecule has 8 atom stereocenters. The van der Waals surface area contributed by atoms with Gasteiger partial charge < -0.3 is 4.74 Å². The second kappa shape index (κ2) is 9.57. The second-order valence-electron chi connectivity index (χ2n) is 12.6. The van der Waals surface area contributed by atoms with Crippen molar-refractivity contribution in [1.82, 2.24) is 14.9 Å². The van der Waals surface area contributed by atoms with Gasteiger partial charge in [0.2, 0.25) is 0 Å². The lowest BCUT2D eigenvalue weighted by atomic mass is 9.69. The van der Waals surface area contributed by atoms with Gasteiger partial charge in [0, 0.05) is 40.9 Å². The van der Waals surface area contributed by atoms with Gasteiger partial charge in [0.05, 0.1) is 17.9 Å². The minimum Gasteiger partial charge on any atom is -0.372 e. The molecule has 4 heteroatoms. The number of fused-ring (bicyclic) bond motifs is 5. The van der Waals surface area contributed by atoms with Crippen molar-refractivity contribution in [2.24, 2.45) is 11.8 Å². The molecule has 38 heavy (non-hydrogen) atoms. The van der Waals surface area contributed by atoms with Crippen LogP contribution in [0.4, 0.5) is 0 Å². The molecule has 0 N–H and O–H groups in total. The van der Waals surface area contributed by atoms with Crippen molar-refractivity contribution in [1.29, 1.82) is 0 Å². The number of ether oxygens (including phenoxy) is 1. The largest absolute Gasteiger partial charge is 0.372 e. The number of nitrogens with zero attached hydrogens (tertiary/aromatic N) is 3. The topological polar surface area (TPSA) is 38.2 Å². The Morgan fingerprint density at radius 3 is 2.26 bits per heavy atom. The van der Waals surface area contributed by atoms with Crippen LogP contribution in [-0.2, 0) is 4.74 Å². The number of rotatable bonds is 3. The summed E-state index contributed by atoms with van der Waals surface area (Å²) in [5.74, 6) is 2.95.